The van der Waals surface area contributed by atoms with Crippen LogP contribution in [0.1, 0.15) is 24.0 Å². The van der Waals surface area contributed by atoms with Crippen LogP contribution in [-0.2, 0) is 22.9 Å². The molecule has 1 aromatic carbocycles. The highest BCUT2D eigenvalue weighted by molar-refractivity contribution is 8.00. The number of hydrogen-bond acceptors (Lipinski definition) is 3. The number of thioether (sulfide) groups is 1. The molecule has 1 heterocycles. The Balaban J connectivity index is 1.96. The first-order valence-corrected chi connectivity index (χ1v) is 8.97. The summed E-state index contributed by atoms with van der Waals surface area (Å²) in [7, 11) is -3.26. The van der Waals surface area contributed by atoms with Gasteiger partial charge in [-0.25, -0.2) is 8.42 Å². The first-order valence-electron chi connectivity index (χ1n) is 6.37. The van der Waals surface area contributed by atoms with E-state index in [1.165, 1.54) is 24.0 Å². The second-order valence-electron chi connectivity index (χ2n) is 4.86. The fourth-order valence-corrected chi connectivity index (χ4v) is 5.47. The zero-order valence-electron chi connectivity index (χ0n) is 10.3. The maximum atomic E-state index is 12.4. The molecule has 0 spiro atoms. The zero-order chi connectivity index (χ0) is 12.6. The topological polar surface area (TPSA) is 37.4 Å². The number of aryl methyl sites for hydroxylation is 2. The largest absolute Gasteiger partial charge is 0.243 e. The molecule has 0 bridgehead atoms. The molecule has 0 aromatic heterocycles. The van der Waals surface area contributed by atoms with Gasteiger partial charge in [-0.1, -0.05) is 6.07 Å². The van der Waals surface area contributed by atoms with Gasteiger partial charge in [0.1, 0.15) is 0 Å². The highest BCUT2D eigenvalue weighted by Gasteiger charge is 2.28. The predicted molar refractivity (Wildman–Crippen MR) is 74.3 cm³/mol. The molecule has 0 amide bonds. The molecule has 0 unspecified atom stereocenters. The lowest BCUT2D eigenvalue weighted by atomic mass is 9.92. The average molecular weight is 283 g/mol. The van der Waals surface area contributed by atoms with E-state index in [1.54, 1.807) is 22.1 Å². The van der Waals surface area contributed by atoms with Gasteiger partial charge in [0.15, 0.2) is 0 Å². The van der Waals surface area contributed by atoms with Crippen molar-refractivity contribution in [3.63, 3.8) is 0 Å². The summed E-state index contributed by atoms with van der Waals surface area (Å²) in [6.07, 6.45) is 4.51. The molecule has 0 atom stereocenters. The number of sulfonamides is 1. The van der Waals surface area contributed by atoms with Gasteiger partial charge in [-0.3, -0.25) is 0 Å². The van der Waals surface area contributed by atoms with Gasteiger partial charge in [0.25, 0.3) is 0 Å². The molecular formula is C13H17NO2S2. The van der Waals surface area contributed by atoms with E-state index in [4.69, 9.17) is 0 Å². The van der Waals surface area contributed by atoms with Crippen molar-refractivity contribution in [1.82, 2.24) is 4.31 Å². The Kier molecular flexibility index (Phi) is 3.38. The molecule has 0 radical (unpaired) electrons. The molecule has 98 valence electrons. The van der Waals surface area contributed by atoms with Gasteiger partial charge in [0.05, 0.1) is 10.8 Å². The summed E-state index contributed by atoms with van der Waals surface area (Å²) in [5, 5.41) is 0. The van der Waals surface area contributed by atoms with Crippen LogP contribution in [0.2, 0.25) is 0 Å². The Morgan fingerprint density at radius 3 is 2.61 bits per heavy atom. The van der Waals surface area contributed by atoms with E-state index in [0.717, 1.165) is 18.6 Å². The van der Waals surface area contributed by atoms with E-state index in [1.807, 2.05) is 12.1 Å². The summed E-state index contributed by atoms with van der Waals surface area (Å²) >= 11 is 1.68. The lowest BCUT2D eigenvalue weighted by Crippen LogP contribution is -2.28. The number of benzene rings is 1. The standard InChI is InChI=1S/C13H17NO2S2/c15-18(16,14-7-8-17-10-14)13-6-5-11-3-1-2-4-12(11)9-13/h5-6,9H,1-4,7-8,10H2. The molecule has 2 aliphatic rings. The monoisotopic (exact) mass is 283 g/mol. The van der Waals surface area contributed by atoms with Crippen molar-refractivity contribution in [3.8, 4) is 0 Å². The quantitative estimate of drug-likeness (QED) is 0.835. The van der Waals surface area contributed by atoms with Crippen molar-refractivity contribution in [2.75, 3.05) is 18.2 Å². The van der Waals surface area contributed by atoms with Crippen molar-refractivity contribution in [3.05, 3.63) is 29.3 Å². The summed E-state index contributed by atoms with van der Waals surface area (Å²) in [6.45, 7) is 0.643. The third kappa shape index (κ3) is 2.19. The van der Waals surface area contributed by atoms with Crippen LogP contribution < -0.4 is 0 Å². The Morgan fingerprint density at radius 1 is 1.11 bits per heavy atom. The lowest BCUT2D eigenvalue weighted by Gasteiger charge is -2.19. The Bertz CT molecular complexity index is 548. The smallest absolute Gasteiger partial charge is 0.207 e. The summed E-state index contributed by atoms with van der Waals surface area (Å²) in [6, 6.07) is 5.68. The molecule has 1 aliphatic heterocycles. The minimum Gasteiger partial charge on any atom is -0.207 e. The lowest BCUT2D eigenvalue weighted by molar-refractivity contribution is 0.489. The fourth-order valence-electron chi connectivity index (χ4n) is 2.61. The maximum absolute atomic E-state index is 12.4. The van der Waals surface area contributed by atoms with Gasteiger partial charge in [-0.05, 0) is 48.9 Å². The van der Waals surface area contributed by atoms with Crippen molar-refractivity contribution in [2.24, 2.45) is 0 Å². The van der Waals surface area contributed by atoms with Crippen LogP contribution in [0.5, 0.6) is 0 Å². The highest BCUT2D eigenvalue weighted by atomic mass is 32.2. The van der Waals surface area contributed by atoms with Crippen LogP contribution in [0.3, 0.4) is 0 Å². The van der Waals surface area contributed by atoms with Crippen LogP contribution in [0, 0.1) is 0 Å². The molecule has 0 N–H and O–H groups in total. The molecule has 3 rings (SSSR count). The Labute approximate surface area is 113 Å². The number of fused-ring (bicyclic) bond motifs is 1. The van der Waals surface area contributed by atoms with Crippen LogP contribution in [-0.4, -0.2) is 30.9 Å². The van der Waals surface area contributed by atoms with Crippen LogP contribution in [0.4, 0.5) is 0 Å². The van der Waals surface area contributed by atoms with Crippen LogP contribution >= 0.6 is 11.8 Å². The van der Waals surface area contributed by atoms with E-state index in [9.17, 15) is 8.42 Å². The van der Waals surface area contributed by atoms with E-state index in [2.05, 4.69) is 0 Å². The van der Waals surface area contributed by atoms with Crippen molar-refractivity contribution in [1.29, 1.82) is 0 Å². The molecule has 1 saturated heterocycles. The fraction of sp³-hybridized carbons (Fsp3) is 0.538. The summed E-state index contributed by atoms with van der Waals surface area (Å²) < 4.78 is 26.5. The first-order chi connectivity index (χ1) is 8.68. The Hall–Kier alpha value is -0.520. The number of nitrogens with zero attached hydrogens (tertiary/aromatic N) is 1. The van der Waals surface area contributed by atoms with E-state index in [0.29, 0.717) is 17.3 Å². The summed E-state index contributed by atoms with van der Waals surface area (Å²) in [4.78, 5) is 0.477. The number of rotatable bonds is 2. The van der Waals surface area contributed by atoms with Crippen molar-refractivity contribution in [2.45, 2.75) is 30.6 Å². The second kappa shape index (κ2) is 4.87. The molecular weight excluding hydrogens is 266 g/mol. The molecule has 0 saturated carbocycles. The molecule has 1 aromatic rings. The molecule has 3 nitrogen and oxygen atoms in total. The average Bonchev–Trinajstić information content (AvgIpc) is 2.92. The molecule has 5 heteroatoms. The Morgan fingerprint density at radius 2 is 1.89 bits per heavy atom. The van der Waals surface area contributed by atoms with Gasteiger partial charge < -0.3 is 0 Å². The second-order valence-corrected chi connectivity index (χ2v) is 7.87. The molecule has 1 aliphatic carbocycles. The predicted octanol–water partition coefficient (Wildman–Crippen LogP) is 2.26. The van der Waals surface area contributed by atoms with Crippen molar-refractivity contribution < 1.29 is 8.42 Å². The first kappa shape index (κ1) is 12.5. The molecule has 1 fully saturated rings. The van der Waals surface area contributed by atoms with Gasteiger partial charge in [0.2, 0.25) is 10.0 Å². The number of hydrogen-bond donors (Lipinski definition) is 0. The minimum absolute atomic E-state index is 0.477. The maximum Gasteiger partial charge on any atom is 0.243 e. The van der Waals surface area contributed by atoms with Gasteiger partial charge in [0, 0.05) is 12.3 Å². The van der Waals surface area contributed by atoms with Gasteiger partial charge >= 0.3 is 0 Å². The van der Waals surface area contributed by atoms with Crippen molar-refractivity contribution >= 4 is 21.8 Å². The third-order valence-electron chi connectivity index (χ3n) is 3.68. The minimum atomic E-state index is -3.26. The van der Waals surface area contributed by atoms with E-state index < -0.39 is 10.0 Å². The normalized spacial score (nSPS) is 20.9. The third-order valence-corrected chi connectivity index (χ3v) is 6.65. The van der Waals surface area contributed by atoms with Crippen LogP contribution in [0.15, 0.2) is 23.1 Å². The van der Waals surface area contributed by atoms with Gasteiger partial charge in [-0.15, -0.1) is 11.8 Å². The van der Waals surface area contributed by atoms with Gasteiger partial charge in [-0.2, -0.15) is 4.31 Å². The van der Waals surface area contributed by atoms with Crippen LogP contribution in [0.25, 0.3) is 0 Å². The highest BCUT2D eigenvalue weighted by Crippen LogP contribution is 2.27. The summed E-state index contributed by atoms with van der Waals surface area (Å²) in [5.41, 5.74) is 2.56. The molecule has 18 heavy (non-hydrogen) atoms. The SMILES string of the molecule is O=S(=O)(c1ccc2c(c1)CCCC2)N1CCSC1. The summed E-state index contributed by atoms with van der Waals surface area (Å²) in [5.74, 6) is 1.50. The van der Waals surface area contributed by atoms with E-state index >= 15 is 0 Å². The zero-order valence-corrected chi connectivity index (χ0v) is 11.9. The van der Waals surface area contributed by atoms with E-state index in [-0.39, 0.29) is 0 Å².